The number of nitrogen functional groups attached to an aromatic ring is 1. The van der Waals surface area contributed by atoms with Crippen molar-refractivity contribution in [3.63, 3.8) is 0 Å². The fourth-order valence-electron chi connectivity index (χ4n) is 0.865. The molecule has 0 fully saturated rings. The molecule has 0 unspecified atom stereocenters. The molecule has 0 saturated heterocycles. The minimum absolute atomic E-state index is 0.150. The maximum Gasteiger partial charge on any atom is 0.260 e. The first-order valence-corrected chi connectivity index (χ1v) is 3.40. The van der Waals surface area contributed by atoms with Crippen LogP contribution in [0.4, 0.5) is 5.95 Å². The second-order valence-corrected chi connectivity index (χ2v) is 2.25. The van der Waals surface area contributed by atoms with Crippen LogP contribution >= 0.6 is 0 Å². The molecule has 0 aliphatic carbocycles. The van der Waals surface area contributed by atoms with Gasteiger partial charge in [0, 0.05) is 12.4 Å². The van der Waals surface area contributed by atoms with Crippen LogP contribution in [0.1, 0.15) is 5.89 Å². The van der Waals surface area contributed by atoms with E-state index in [0.717, 1.165) is 0 Å². The lowest BCUT2D eigenvalue weighted by Crippen LogP contribution is -2.00. The molecule has 0 radical (unpaired) electrons. The van der Waals surface area contributed by atoms with E-state index in [9.17, 15) is 0 Å². The Bertz CT molecular complexity index is 352. The quantitative estimate of drug-likeness (QED) is 0.671. The number of aromatic nitrogens is 4. The van der Waals surface area contributed by atoms with E-state index in [4.69, 9.17) is 10.3 Å². The Balaban J connectivity index is 2.14. The summed E-state index contributed by atoms with van der Waals surface area (Å²) in [4.78, 5) is 3.82. The summed E-state index contributed by atoms with van der Waals surface area (Å²) in [5.74, 6) is 0.605. The van der Waals surface area contributed by atoms with Crippen LogP contribution in [0.15, 0.2) is 23.0 Å². The highest BCUT2D eigenvalue weighted by atomic mass is 16.5. The lowest BCUT2D eigenvalue weighted by Gasteiger charge is -1.92. The van der Waals surface area contributed by atoms with Gasteiger partial charge in [0.25, 0.3) is 5.95 Å². The van der Waals surface area contributed by atoms with Gasteiger partial charge in [0.1, 0.15) is 6.54 Å². The Morgan fingerprint density at radius 2 is 2.50 bits per heavy atom. The molecular formula is C6H7N5O. The van der Waals surface area contributed by atoms with Gasteiger partial charge in [0.2, 0.25) is 5.89 Å². The molecule has 2 N–H and O–H groups in total. The van der Waals surface area contributed by atoms with Gasteiger partial charge in [-0.1, -0.05) is 0 Å². The van der Waals surface area contributed by atoms with Gasteiger partial charge in [-0.3, -0.25) is 4.68 Å². The largest absolute Gasteiger partial charge is 0.365 e. The number of hydrogen-bond donors (Lipinski definition) is 1. The molecular weight excluding hydrogens is 158 g/mol. The van der Waals surface area contributed by atoms with Gasteiger partial charge >= 0.3 is 0 Å². The SMILES string of the molecule is Nc1noc(Cn2cccn2)n1. The molecule has 6 heteroatoms. The van der Waals surface area contributed by atoms with Crippen LogP contribution in [-0.2, 0) is 6.54 Å². The third-order valence-electron chi connectivity index (χ3n) is 1.34. The minimum Gasteiger partial charge on any atom is -0.365 e. The average Bonchev–Trinajstić information content (AvgIpc) is 2.63. The molecule has 2 heterocycles. The van der Waals surface area contributed by atoms with Crippen molar-refractivity contribution >= 4 is 5.95 Å². The van der Waals surface area contributed by atoms with Gasteiger partial charge in [-0.15, -0.1) is 0 Å². The zero-order valence-corrected chi connectivity index (χ0v) is 6.21. The van der Waals surface area contributed by atoms with Crippen molar-refractivity contribution in [1.29, 1.82) is 0 Å². The molecule has 0 aliphatic heterocycles. The zero-order valence-electron chi connectivity index (χ0n) is 6.21. The standard InChI is InChI=1S/C6H7N5O/c7-6-9-5(12-10-6)4-11-3-1-2-8-11/h1-3H,4H2,(H2,7,10). The molecule has 0 spiro atoms. The molecule has 0 atom stereocenters. The van der Waals surface area contributed by atoms with Gasteiger partial charge in [-0.05, 0) is 11.2 Å². The fraction of sp³-hybridized carbons (Fsp3) is 0.167. The third-order valence-corrected chi connectivity index (χ3v) is 1.34. The smallest absolute Gasteiger partial charge is 0.260 e. The number of anilines is 1. The summed E-state index contributed by atoms with van der Waals surface area (Å²) in [6.07, 6.45) is 3.49. The van der Waals surface area contributed by atoms with Crippen LogP contribution in [-0.4, -0.2) is 19.9 Å². The second kappa shape index (κ2) is 2.65. The van der Waals surface area contributed by atoms with Crippen molar-refractivity contribution in [2.24, 2.45) is 0 Å². The molecule has 0 bridgehead atoms. The number of nitrogens with two attached hydrogens (primary N) is 1. The van der Waals surface area contributed by atoms with Crippen molar-refractivity contribution < 1.29 is 4.52 Å². The van der Waals surface area contributed by atoms with Gasteiger partial charge in [0.15, 0.2) is 0 Å². The normalized spacial score (nSPS) is 10.3. The fourth-order valence-corrected chi connectivity index (χ4v) is 0.865. The molecule has 0 aromatic carbocycles. The van der Waals surface area contributed by atoms with E-state index >= 15 is 0 Å². The van der Waals surface area contributed by atoms with E-state index in [1.165, 1.54) is 0 Å². The van der Waals surface area contributed by atoms with Gasteiger partial charge in [0.05, 0.1) is 0 Å². The van der Waals surface area contributed by atoms with Crippen molar-refractivity contribution in [3.05, 3.63) is 24.4 Å². The summed E-state index contributed by atoms with van der Waals surface area (Å²) in [7, 11) is 0. The molecule has 6 nitrogen and oxygen atoms in total. The van der Waals surface area contributed by atoms with Crippen molar-refractivity contribution in [1.82, 2.24) is 19.9 Å². The molecule has 62 valence electrons. The Hall–Kier alpha value is -1.85. The monoisotopic (exact) mass is 165 g/mol. The highest BCUT2D eigenvalue weighted by Crippen LogP contribution is 1.99. The Morgan fingerprint density at radius 1 is 1.58 bits per heavy atom. The third kappa shape index (κ3) is 1.26. The lowest BCUT2D eigenvalue weighted by atomic mass is 10.6. The summed E-state index contributed by atoms with van der Waals surface area (Å²) >= 11 is 0. The summed E-state index contributed by atoms with van der Waals surface area (Å²) < 4.78 is 6.46. The Morgan fingerprint density at radius 3 is 3.08 bits per heavy atom. The summed E-state index contributed by atoms with van der Waals surface area (Å²) in [5.41, 5.74) is 5.26. The molecule has 0 saturated carbocycles. The summed E-state index contributed by atoms with van der Waals surface area (Å²) in [6, 6.07) is 1.82. The van der Waals surface area contributed by atoms with Crippen LogP contribution in [0.5, 0.6) is 0 Å². The second-order valence-electron chi connectivity index (χ2n) is 2.25. The predicted molar refractivity (Wildman–Crippen MR) is 40.0 cm³/mol. The first-order chi connectivity index (χ1) is 5.84. The highest BCUT2D eigenvalue weighted by Gasteiger charge is 2.02. The van der Waals surface area contributed by atoms with Crippen LogP contribution in [0, 0.1) is 0 Å². The van der Waals surface area contributed by atoms with Gasteiger partial charge in [-0.2, -0.15) is 10.1 Å². The summed E-state index contributed by atoms with van der Waals surface area (Å²) in [6.45, 7) is 0.456. The van der Waals surface area contributed by atoms with E-state index in [0.29, 0.717) is 12.4 Å². The average molecular weight is 165 g/mol. The number of rotatable bonds is 2. The van der Waals surface area contributed by atoms with Crippen molar-refractivity contribution in [2.45, 2.75) is 6.54 Å². The Kier molecular flexibility index (Phi) is 1.51. The lowest BCUT2D eigenvalue weighted by molar-refractivity contribution is 0.366. The van der Waals surface area contributed by atoms with E-state index in [-0.39, 0.29) is 5.95 Å². The number of hydrogen-bond acceptors (Lipinski definition) is 5. The first kappa shape index (κ1) is 6.84. The van der Waals surface area contributed by atoms with Crippen LogP contribution < -0.4 is 5.73 Å². The maximum atomic E-state index is 5.26. The topological polar surface area (TPSA) is 82.8 Å². The molecule has 2 aromatic rings. The summed E-state index contributed by atoms with van der Waals surface area (Å²) in [5, 5.41) is 7.42. The minimum atomic E-state index is 0.150. The van der Waals surface area contributed by atoms with E-state index in [1.807, 2.05) is 6.07 Å². The van der Waals surface area contributed by atoms with E-state index in [2.05, 4.69) is 15.2 Å². The van der Waals surface area contributed by atoms with Crippen LogP contribution in [0.2, 0.25) is 0 Å². The first-order valence-electron chi connectivity index (χ1n) is 3.40. The van der Waals surface area contributed by atoms with Crippen molar-refractivity contribution in [2.75, 3.05) is 5.73 Å². The highest BCUT2D eigenvalue weighted by molar-refractivity contribution is 5.10. The molecule has 0 aliphatic rings. The van der Waals surface area contributed by atoms with Crippen LogP contribution in [0.3, 0.4) is 0 Å². The maximum absolute atomic E-state index is 5.26. The molecule has 0 amide bonds. The van der Waals surface area contributed by atoms with E-state index in [1.54, 1.807) is 17.1 Å². The molecule has 2 rings (SSSR count). The molecule has 12 heavy (non-hydrogen) atoms. The predicted octanol–water partition coefficient (Wildman–Crippen LogP) is -0.103. The zero-order chi connectivity index (χ0) is 8.39. The van der Waals surface area contributed by atoms with Crippen molar-refractivity contribution in [3.8, 4) is 0 Å². The van der Waals surface area contributed by atoms with Gasteiger partial charge < -0.3 is 10.3 Å². The van der Waals surface area contributed by atoms with E-state index < -0.39 is 0 Å². The van der Waals surface area contributed by atoms with Crippen LogP contribution in [0.25, 0.3) is 0 Å². The molecule has 2 aromatic heterocycles. The van der Waals surface area contributed by atoms with Gasteiger partial charge in [-0.25, -0.2) is 0 Å². The Labute approximate surface area is 68.0 Å². The number of nitrogens with zero attached hydrogens (tertiary/aromatic N) is 4.